The van der Waals surface area contributed by atoms with E-state index in [-0.39, 0.29) is 16.9 Å². The topological polar surface area (TPSA) is 299 Å². The molecule has 0 saturated carbocycles. The Hall–Kier alpha value is -6.15. The standard InChI is InChI=1S/C17H25N3O3S.C13H15N3O3S.C13H19N3OS.C12H17N3OS/c1-9-19-12-11(13(21)16(2,3)4)10(8-18-14(12)24-9)20-15(22)23-17(5,6)7;1-7-15-10-8(6-17)9(5-14-11(10)20-7)16-12(18)19-13(2,3)4;1-7-16-10-9(11(17-5)13(2,3)4)8(14)6-15-12(10)18-7;1-6-15-9-8(10(16)12(2,3)4)7(13)5-14-11(9)17-6/h8,13,21H,1-7H3,(H,20,22);5-6H,1-4H3,(H,16,18);6,11H,14H2,1-5H3;5,10,16H,13H2,1-4H3. The number of rotatable bonds is 7. The minimum Gasteiger partial charge on any atom is -0.444 e. The summed E-state index contributed by atoms with van der Waals surface area (Å²) in [6, 6.07) is 0. The first-order valence-corrected chi connectivity index (χ1v) is 28.5. The number of fused-ring (bicyclic) bond motifs is 4. The number of aldehydes is 1. The van der Waals surface area contributed by atoms with Crippen molar-refractivity contribution in [3.05, 3.63) is 67.1 Å². The van der Waals surface area contributed by atoms with E-state index < -0.39 is 41.0 Å². The second kappa shape index (κ2) is 24.7. The maximum Gasteiger partial charge on any atom is 0.412 e. The summed E-state index contributed by atoms with van der Waals surface area (Å²) < 4.78 is 16.1. The highest BCUT2D eigenvalue weighted by Gasteiger charge is 2.33. The van der Waals surface area contributed by atoms with Crippen LogP contribution in [0.2, 0.25) is 0 Å². The van der Waals surface area contributed by atoms with E-state index >= 15 is 0 Å². The van der Waals surface area contributed by atoms with Crippen LogP contribution in [0.1, 0.15) is 169 Å². The van der Waals surface area contributed by atoms with E-state index in [0.717, 1.165) is 51.1 Å². The van der Waals surface area contributed by atoms with Crippen molar-refractivity contribution in [3.63, 3.8) is 0 Å². The number of nitrogen functional groups attached to an aromatic ring is 2. The van der Waals surface area contributed by atoms with Gasteiger partial charge in [0.1, 0.15) is 52.6 Å². The molecule has 24 heteroatoms. The lowest BCUT2D eigenvalue weighted by Crippen LogP contribution is -2.28. The number of anilines is 4. The Balaban J connectivity index is 0.000000195. The highest BCUT2D eigenvalue weighted by atomic mass is 32.1. The lowest BCUT2D eigenvalue weighted by atomic mass is 9.84. The molecule has 8 aromatic rings. The number of hydrogen-bond acceptors (Lipinski definition) is 22. The van der Waals surface area contributed by atoms with Crippen molar-refractivity contribution in [2.45, 2.75) is 161 Å². The summed E-state index contributed by atoms with van der Waals surface area (Å²) >= 11 is 5.94. The molecule has 8 N–H and O–H groups in total. The summed E-state index contributed by atoms with van der Waals surface area (Å²) in [5.41, 5.74) is 17.2. The van der Waals surface area contributed by atoms with E-state index in [4.69, 9.17) is 25.7 Å². The minimum atomic E-state index is -0.811. The van der Waals surface area contributed by atoms with Crippen LogP contribution in [0.4, 0.5) is 32.3 Å². The van der Waals surface area contributed by atoms with Crippen LogP contribution in [-0.4, -0.2) is 86.9 Å². The predicted molar refractivity (Wildman–Crippen MR) is 321 cm³/mol. The van der Waals surface area contributed by atoms with Crippen molar-refractivity contribution in [1.82, 2.24) is 39.9 Å². The maximum absolute atomic E-state index is 12.1. The fraction of sp³-hybridized carbons (Fsp3) is 0.509. The van der Waals surface area contributed by atoms with Crippen molar-refractivity contribution in [2.75, 3.05) is 29.2 Å². The lowest BCUT2D eigenvalue weighted by Gasteiger charge is -2.30. The van der Waals surface area contributed by atoms with E-state index in [1.807, 2.05) is 69.2 Å². The van der Waals surface area contributed by atoms with E-state index in [2.05, 4.69) is 71.3 Å². The van der Waals surface area contributed by atoms with Gasteiger partial charge in [0.25, 0.3) is 0 Å². The molecule has 0 spiro atoms. The zero-order valence-corrected chi connectivity index (χ0v) is 52.1. The van der Waals surface area contributed by atoms with Crippen LogP contribution in [0.25, 0.3) is 41.4 Å². The van der Waals surface area contributed by atoms with Gasteiger partial charge in [-0.1, -0.05) is 108 Å². The molecule has 0 fully saturated rings. The molecule has 0 saturated heterocycles. The second-order valence-corrected chi connectivity index (χ2v) is 28.6. The number of aliphatic hydroxyl groups is 2. The van der Waals surface area contributed by atoms with Gasteiger partial charge in [-0.15, -0.1) is 0 Å². The normalized spacial score (nSPS) is 13.3. The molecule has 0 aromatic carbocycles. The number of carbonyl (C=O) groups is 3. The Bertz CT molecular complexity index is 3460. The number of amides is 2. The van der Waals surface area contributed by atoms with Gasteiger partial charge in [0.2, 0.25) is 0 Å². The van der Waals surface area contributed by atoms with Crippen molar-refractivity contribution in [3.8, 4) is 0 Å². The summed E-state index contributed by atoms with van der Waals surface area (Å²) in [4.78, 5) is 73.1. The number of thiazole rings is 4. The van der Waals surface area contributed by atoms with Gasteiger partial charge in [-0.2, -0.15) is 0 Å². The van der Waals surface area contributed by atoms with Gasteiger partial charge in [0.05, 0.1) is 91.4 Å². The molecule has 8 rings (SSSR count). The van der Waals surface area contributed by atoms with E-state index in [1.54, 1.807) is 78.6 Å². The average molecular weight is 1160 g/mol. The SMILES string of the molecule is COC(c1c(N)cnc2sc(C)nc12)C(C)(C)C.Cc1nc2c(C(O)C(C)(C)C)c(N)cnc2s1.Cc1nc2c(C(O)C(C)(C)C)c(NC(=O)OC(C)(C)C)cnc2s1.Cc1nc2c(C=O)c(NC(=O)OC(C)(C)C)cnc2s1. The zero-order chi connectivity index (χ0) is 59.5. The van der Waals surface area contributed by atoms with Gasteiger partial charge in [-0.3, -0.25) is 15.4 Å². The number of ether oxygens (including phenoxy) is 3. The summed E-state index contributed by atoms with van der Waals surface area (Å²) in [6.45, 7) is 36.4. The summed E-state index contributed by atoms with van der Waals surface area (Å²) in [5.74, 6) is 0. The molecule has 0 aliphatic carbocycles. The van der Waals surface area contributed by atoms with Crippen LogP contribution in [0.5, 0.6) is 0 Å². The third kappa shape index (κ3) is 16.5. The van der Waals surface area contributed by atoms with Crippen molar-refractivity contribution in [2.24, 2.45) is 16.2 Å². The molecule has 428 valence electrons. The first kappa shape index (κ1) is 63.7. The van der Waals surface area contributed by atoms with Crippen LogP contribution >= 0.6 is 45.3 Å². The van der Waals surface area contributed by atoms with Crippen molar-refractivity contribution in [1.29, 1.82) is 0 Å². The Labute approximate surface area is 477 Å². The van der Waals surface area contributed by atoms with Crippen LogP contribution in [0, 0.1) is 43.9 Å². The Morgan fingerprint density at radius 3 is 1.23 bits per heavy atom. The smallest absolute Gasteiger partial charge is 0.412 e. The molecule has 0 bridgehead atoms. The average Bonchev–Trinajstić information content (AvgIpc) is 4.12. The Morgan fingerprint density at radius 1 is 0.519 bits per heavy atom. The molecule has 8 aromatic heterocycles. The quantitative estimate of drug-likeness (QED) is 0.0808. The largest absolute Gasteiger partial charge is 0.444 e. The number of aliphatic hydroxyl groups excluding tert-OH is 2. The third-order valence-corrected chi connectivity index (χ3v) is 14.7. The molecule has 20 nitrogen and oxygen atoms in total. The second-order valence-electron chi connectivity index (χ2n) is 23.9. The van der Waals surface area contributed by atoms with Crippen LogP contribution in [0.3, 0.4) is 0 Å². The van der Waals surface area contributed by atoms with Crippen LogP contribution in [0.15, 0.2) is 24.8 Å². The van der Waals surface area contributed by atoms with E-state index in [0.29, 0.717) is 61.6 Å². The first-order valence-electron chi connectivity index (χ1n) is 25.2. The van der Waals surface area contributed by atoms with Crippen molar-refractivity contribution >= 4 is 128 Å². The maximum atomic E-state index is 12.1. The highest BCUT2D eigenvalue weighted by Crippen LogP contribution is 2.44. The number of methoxy groups -OCH3 is 1. The molecule has 8 heterocycles. The van der Waals surface area contributed by atoms with Gasteiger partial charge in [-0.05, 0) is 85.5 Å². The molecular weight excluding hydrogens is 1080 g/mol. The van der Waals surface area contributed by atoms with E-state index in [1.165, 1.54) is 40.2 Å². The van der Waals surface area contributed by atoms with Gasteiger partial charge < -0.3 is 35.9 Å². The predicted octanol–water partition coefficient (Wildman–Crippen LogP) is 13.6. The summed E-state index contributed by atoms with van der Waals surface area (Å²) in [7, 11) is 1.71. The third-order valence-electron chi connectivity index (χ3n) is 11.2. The molecule has 3 unspecified atom stereocenters. The molecular formula is C55H76N12O8S4. The number of nitrogens with zero attached hydrogens (tertiary/aromatic N) is 8. The number of aryl methyl sites for hydroxylation is 4. The monoisotopic (exact) mass is 1160 g/mol. The fourth-order valence-electron chi connectivity index (χ4n) is 7.78. The fourth-order valence-corrected chi connectivity index (χ4v) is 10.9. The summed E-state index contributed by atoms with van der Waals surface area (Å²) in [6.07, 6.45) is 4.19. The molecule has 0 aliphatic heterocycles. The Morgan fingerprint density at radius 2 is 0.848 bits per heavy atom. The molecule has 0 radical (unpaired) electrons. The lowest BCUT2D eigenvalue weighted by molar-refractivity contribution is 0.0166. The van der Waals surface area contributed by atoms with Gasteiger partial charge in [0.15, 0.2) is 6.29 Å². The van der Waals surface area contributed by atoms with Crippen LogP contribution in [-0.2, 0) is 14.2 Å². The number of aromatic nitrogens is 8. The number of carbonyl (C=O) groups excluding carboxylic acids is 3. The van der Waals surface area contributed by atoms with Crippen LogP contribution < -0.4 is 22.1 Å². The number of hydrogen-bond donors (Lipinski definition) is 6. The first-order chi connectivity index (χ1) is 36.3. The molecule has 2 amide bonds. The Kier molecular flexibility index (Phi) is 19.9. The molecule has 0 aliphatic rings. The van der Waals surface area contributed by atoms with Gasteiger partial charge in [-0.25, -0.2) is 49.5 Å². The number of nitrogens with two attached hydrogens (primary N) is 2. The highest BCUT2D eigenvalue weighted by molar-refractivity contribution is 7.19. The molecule has 3 atom stereocenters. The molecule has 79 heavy (non-hydrogen) atoms. The van der Waals surface area contributed by atoms with Gasteiger partial charge >= 0.3 is 12.2 Å². The van der Waals surface area contributed by atoms with E-state index in [9.17, 15) is 24.6 Å². The zero-order valence-electron chi connectivity index (χ0n) is 48.8. The van der Waals surface area contributed by atoms with Crippen molar-refractivity contribution < 1.29 is 38.8 Å². The number of nitrogens with one attached hydrogen (secondary N) is 2. The summed E-state index contributed by atoms with van der Waals surface area (Å²) in [5, 5.41) is 30.1. The van der Waals surface area contributed by atoms with Gasteiger partial charge in [0, 0.05) is 23.8 Å². The minimum absolute atomic E-state index is 0.0469. The number of pyridine rings is 4.